The largest absolute Gasteiger partial charge is 0.415 e. The standard InChI is InChI=1S/C13H29NO3Si/c1-7-18-17-13(4)10-14(8-11(2)15-5)9-12(3)16-6/h7,11-13H,1,8-10,18H2,2-6H3. The van der Waals surface area contributed by atoms with Crippen LogP contribution in [0.1, 0.15) is 20.8 Å². The van der Waals surface area contributed by atoms with E-state index in [0.717, 1.165) is 19.6 Å². The number of nitrogens with zero attached hydrogens (tertiary/aromatic N) is 1. The van der Waals surface area contributed by atoms with E-state index in [-0.39, 0.29) is 18.3 Å². The summed E-state index contributed by atoms with van der Waals surface area (Å²) < 4.78 is 16.4. The molecule has 0 saturated carbocycles. The van der Waals surface area contributed by atoms with Crippen LogP contribution < -0.4 is 0 Å². The number of hydrogen-bond acceptors (Lipinski definition) is 4. The smallest absolute Gasteiger partial charge is 0.185 e. The van der Waals surface area contributed by atoms with Gasteiger partial charge in [-0.3, -0.25) is 4.90 Å². The molecule has 0 radical (unpaired) electrons. The van der Waals surface area contributed by atoms with Crippen LogP contribution in [-0.2, 0) is 13.9 Å². The minimum absolute atomic E-state index is 0.220. The van der Waals surface area contributed by atoms with Gasteiger partial charge in [0.25, 0.3) is 0 Å². The summed E-state index contributed by atoms with van der Waals surface area (Å²) in [6.45, 7) is 12.7. The molecule has 3 atom stereocenters. The molecule has 18 heavy (non-hydrogen) atoms. The molecule has 0 fully saturated rings. The highest BCUT2D eigenvalue weighted by molar-refractivity contribution is 6.34. The van der Waals surface area contributed by atoms with E-state index in [0.29, 0.717) is 0 Å². The lowest BCUT2D eigenvalue weighted by molar-refractivity contribution is 0.0264. The lowest BCUT2D eigenvalue weighted by Gasteiger charge is -2.29. The van der Waals surface area contributed by atoms with Crippen molar-refractivity contribution in [3.8, 4) is 0 Å². The van der Waals surface area contributed by atoms with E-state index in [1.165, 1.54) is 0 Å². The maximum absolute atomic E-state index is 5.75. The average molecular weight is 275 g/mol. The third-order valence-corrected chi connectivity index (χ3v) is 3.85. The molecule has 3 unspecified atom stereocenters. The lowest BCUT2D eigenvalue weighted by Crippen LogP contribution is -2.42. The van der Waals surface area contributed by atoms with E-state index in [4.69, 9.17) is 13.9 Å². The van der Waals surface area contributed by atoms with Crippen molar-refractivity contribution in [2.75, 3.05) is 33.9 Å². The van der Waals surface area contributed by atoms with E-state index in [9.17, 15) is 0 Å². The van der Waals surface area contributed by atoms with Crippen LogP contribution in [0.15, 0.2) is 12.3 Å². The second-order valence-electron chi connectivity index (χ2n) is 4.74. The van der Waals surface area contributed by atoms with Crippen molar-refractivity contribution in [3.63, 3.8) is 0 Å². The summed E-state index contributed by atoms with van der Waals surface area (Å²) in [6, 6.07) is 0. The van der Waals surface area contributed by atoms with Gasteiger partial charge < -0.3 is 13.9 Å². The summed E-state index contributed by atoms with van der Waals surface area (Å²) in [7, 11) is 2.93. The van der Waals surface area contributed by atoms with Gasteiger partial charge in [-0.2, -0.15) is 0 Å². The maximum Gasteiger partial charge on any atom is 0.185 e. The first-order valence-corrected chi connectivity index (χ1v) is 7.93. The highest BCUT2D eigenvalue weighted by Gasteiger charge is 2.16. The fourth-order valence-electron chi connectivity index (χ4n) is 1.75. The first kappa shape index (κ1) is 17.8. The Hall–Kier alpha value is -0.203. The van der Waals surface area contributed by atoms with Crippen molar-refractivity contribution in [2.24, 2.45) is 0 Å². The summed E-state index contributed by atoms with van der Waals surface area (Å²) in [5.74, 6) is 0. The zero-order valence-corrected chi connectivity index (χ0v) is 13.9. The Balaban J connectivity index is 4.21. The van der Waals surface area contributed by atoms with Crippen molar-refractivity contribution < 1.29 is 13.9 Å². The molecule has 0 aliphatic heterocycles. The van der Waals surface area contributed by atoms with Gasteiger partial charge in [-0.25, -0.2) is 0 Å². The van der Waals surface area contributed by atoms with E-state index in [2.05, 4.69) is 32.3 Å². The molecular formula is C13H29NO3Si. The third-order valence-electron chi connectivity index (χ3n) is 2.85. The highest BCUT2D eigenvalue weighted by Crippen LogP contribution is 2.03. The van der Waals surface area contributed by atoms with E-state index in [1.807, 2.05) is 5.70 Å². The zero-order chi connectivity index (χ0) is 14.0. The molecule has 0 heterocycles. The topological polar surface area (TPSA) is 30.9 Å². The first-order chi connectivity index (χ1) is 8.53. The molecule has 0 amide bonds. The van der Waals surface area contributed by atoms with E-state index in [1.54, 1.807) is 14.2 Å². The van der Waals surface area contributed by atoms with Crippen LogP contribution in [0, 0.1) is 0 Å². The van der Waals surface area contributed by atoms with Gasteiger partial charge in [0.15, 0.2) is 9.76 Å². The van der Waals surface area contributed by atoms with Crippen LogP contribution in [0.4, 0.5) is 0 Å². The SMILES string of the molecule is C=C[SiH2]OC(C)CN(CC(C)OC)CC(C)OC. The second kappa shape index (κ2) is 10.7. The highest BCUT2D eigenvalue weighted by atomic mass is 28.2. The Kier molecular flexibility index (Phi) is 10.6. The van der Waals surface area contributed by atoms with Crippen LogP contribution in [-0.4, -0.2) is 66.8 Å². The quantitative estimate of drug-likeness (QED) is 0.526. The Bertz CT molecular complexity index is 204. The molecular weight excluding hydrogens is 246 g/mol. The zero-order valence-electron chi connectivity index (χ0n) is 12.5. The molecule has 0 aromatic carbocycles. The number of ether oxygens (including phenoxy) is 2. The minimum Gasteiger partial charge on any atom is -0.415 e. The third kappa shape index (κ3) is 8.83. The van der Waals surface area contributed by atoms with Gasteiger partial charge in [0.1, 0.15) is 0 Å². The Morgan fingerprint density at radius 2 is 1.44 bits per heavy atom. The Labute approximate surface area is 114 Å². The average Bonchev–Trinajstić information content (AvgIpc) is 2.35. The fourth-order valence-corrected chi connectivity index (χ4v) is 2.32. The summed E-state index contributed by atoms with van der Waals surface area (Å²) in [4.78, 5) is 2.34. The van der Waals surface area contributed by atoms with Crippen LogP contribution in [0.5, 0.6) is 0 Å². The van der Waals surface area contributed by atoms with Gasteiger partial charge in [0.2, 0.25) is 0 Å². The second-order valence-corrected chi connectivity index (χ2v) is 5.99. The van der Waals surface area contributed by atoms with Crippen molar-refractivity contribution >= 4 is 9.76 Å². The number of hydrogen-bond donors (Lipinski definition) is 0. The summed E-state index contributed by atoms with van der Waals surface area (Å²) in [5, 5.41) is 0. The molecule has 0 bridgehead atoms. The molecule has 0 saturated heterocycles. The van der Waals surface area contributed by atoms with E-state index >= 15 is 0 Å². The van der Waals surface area contributed by atoms with Gasteiger partial charge in [0, 0.05) is 33.9 Å². The van der Waals surface area contributed by atoms with Crippen LogP contribution >= 0.6 is 0 Å². The maximum atomic E-state index is 5.75. The van der Waals surface area contributed by atoms with Gasteiger partial charge >= 0.3 is 0 Å². The molecule has 0 aromatic rings. The van der Waals surface area contributed by atoms with Gasteiger partial charge in [-0.1, -0.05) is 5.70 Å². The Morgan fingerprint density at radius 3 is 1.83 bits per heavy atom. The van der Waals surface area contributed by atoms with Crippen LogP contribution in [0.25, 0.3) is 0 Å². The molecule has 5 heteroatoms. The monoisotopic (exact) mass is 275 g/mol. The van der Waals surface area contributed by atoms with Crippen LogP contribution in [0.2, 0.25) is 0 Å². The predicted octanol–water partition coefficient (Wildman–Crippen LogP) is 0.991. The van der Waals surface area contributed by atoms with Gasteiger partial charge in [0.05, 0.1) is 18.3 Å². The molecule has 0 aliphatic rings. The first-order valence-electron chi connectivity index (χ1n) is 6.53. The molecule has 0 rings (SSSR count). The molecule has 0 N–H and O–H groups in total. The predicted molar refractivity (Wildman–Crippen MR) is 78.7 cm³/mol. The van der Waals surface area contributed by atoms with E-state index < -0.39 is 9.76 Å². The lowest BCUT2D eigenvalue weighted by atomic mass is 10.2. The molecule has 0 aromatic heterocycles. The number of rotatable bonds is 11. The van der Waals surface area contributed by atoms with Gasteiger partial charge in [-0.15, -0.1) is 6.58 Å². The minimum atomic E-state index is -0.559. The van der Waals surface area contributed by atoms with Gasteiger partial charge in [-0.05, 0) is 20.8 Å². The van der Waals surface area contributed by atoms with Crippen molar-refractivity contribution in [1.29, 1.82) is 0 Å². The van der Waals surface area contributed by atoms with Crippen molar-refractivity contribution in [2.45, 2.75) is 39.1 Å². The van der Waals surface area contributed by atoms with Crippen molar-refractivity contribution in [1.82, 2.24) is 4.90 Å². The molecule has 4 nitrogen and oxygen atoms in total. The van der Waals surface area contributed by atoms with Crippen molar-refractivity contribution in [3.05, 3.63) is 12.3 Å². The van der Waals surface area contributed by atoms with Crippen LogP contribution in [0.3, 0.4) is 0 Å². The summed E-state index contributed by atoms with van der Waals surface area (Å²) in [6.07, 6.45) is 0.679. The molecule has 0 spiro atoms. The molecule has 108 valence electrons. The summed E-state index contributed by atoms with van der Waals surface area (Å²) in [5.41, 5.74) is 1.91. The fraction of sp³-hybridized carbons (Fsp3) is 0.846. The molecule has 0 aliphatic carbocycles. The summed E-state index contributed by atoms with van der Waals surface area (Å²) >= 11 is 0. The Morgan fingerprint density at radius 1 is 1.00 bits per heavy atom. The number of methoxy groups -OCH3 is 2. The normalized spacial score (nSPS) is 17.2.